The van der Waals surface area contributed by atoms with Gasteiger partial charge in [0.1, 0.15) is 0 Å². The molecule has 0 unspecified atom stereocenters. The van der Waals surface area contributed by atoms with Gasteiger partial charge < -0.3 is 9.64 Å². The van der Waals surface area contributed by atoms with Crippen molar-refractivity contribution in [2.45, 2.75) is 31.4 Å². The largest absolute Gasteiger partial charge is 0.452 e. The number of aryl methyl sites for hydroxylation is 1. The van der Waals surface area contributed by atoms with Crippen LogP contribution in [-0.2, 0) is 20.7 Å². The van der Waals surface area contributed by atoms with E-state index in [2.05, 4.69) is 4.98 Å². The van der Waals surface area contributed by atoms with E-state index < -0.39 is 12.1 Å². The summed E-state index contributed by atoms with van der Waals surface area (Å²) in [7, 11) is 0. The lowest BCUT2D eigenvalue weighted by Crippen LogP contribution is -2.39. The van der Waals surface area contributed by atoms with Crippen LogP contribution < -0.4 is 4.90 Å². The lowest BCUT2D eigenvalue weighted by Gasteiger charge is -2.21. The predicted molar refractivity (Wildman–Crippen MR) is 115 cm³/mol. The molecular formula is C23H22N2O3S. The minimum Gasteiger partial charge on any atom is -0.452 e. The Morgan fingerprint density at radius 2 is 1.93 bits per heavy atom. The van der Waals surface area contributed by atoms with Crippen molar-refractivity contribution in [1.29, 1.82) is 0 Å². The molecule has 0 bridgehead atoms. The third-order valence-corrected chi connectivity index (χ3v) is 5.93. The summed E-state index contributed by atoms with van der Waals surface area (Å²) in [5.74, 6) is -0.497. The van der Waals surface area contributed by atoms with Gasteiger partial charge in [0.2, 0.25) is 0 Å². The molecule has 0 saturated heterocycles. The number of rotatable bonds is 5. The summed E-state index contributed by atoms with van der Waals surface area (Å²) in [5.41, 5.74) is 4.07. The van der Waals surface area contributed by atoms with E-state index in [-0.39, 0.29) is 11.7 Å². The number of pyridine rings is 1. The van der Waals surface area contributed by atoms with Gasteiger partial charge in [0.25, 0.3) is 5.91 Å². The summed E-state index contributed by atoms with van der Waals surface area (Å²) < 4.78 is 5.40. The molecule has 0 aliphatic carbocycles. The van der Waals surface area contributed by atoms with Gasteiger partial charge in [-0.05, 0) is 49.6 Å². The summed E-state index contributed by atoms with van der Waals surface area (Å²) >= 11 is 1.32. The molecule has 1 aliphatic heterocycles. The van der Waals surface area contributed by atoms with Gasteiger partial charge in [-0.15, -0.1) is 0 Å². The van der Waals surface area contributed by atoms with Gasteiger partial charge in [0.15, 0.2) is 6.10 Å². The highest BCUT2D eigenvalue weighted by Gasteiger charge is 2.29. The Kier molecular flexibility index (Phi) is 5.53. The molecule has 0 radical (unpaired) electrons. The van der Waals surface area contributed by atoms with Crippen molar-refractivity contribution < 1.29 is 14.3 Å². The van der Waals surface area contributed by atoms with Crippen molar-refractivity contribution in [2.24, 2.45) is 0 Å². The number of hydrogen-bond donors (Lipinski definition) is 0. The number of amides is 1. The summed E-state index contributed by atoms with van der Waals surface area (Å²) in [6.07, 6.45) is 0.00589. The van der Waals surface area contributed by atoms with Gasteiger partial charge in [-0.25, -0.2) is 4.98 Å². The van der Waals surface area contributed by atoms with Crippen LogP contribution >= 0.6 is 11.8 Å². The van der Waals surface area contributed by atoms with Crippen LogP contribution in [0.25, 0.3) is 10.9 Å². The molecule has 0 saturated carbocycles. The van der Waals surface area contributed by atoms with Crippen LogP contribution in [0.2, 0.25) is 0 Å². The van der Waals surface area contributed by atoms with E-state index in [1.54, 1.807) is 11.8 Å². The first kappa shape index (κ1) is 19.5. The highest BCUT2D eigenvalue weighted by molar-refractivity contribution is 7.99. The minimum atomic E-state index is -0.819. The van der Waals surface area contributed by atoms with Gasteiger partial charge in [0.05, 0.1) is 16.3 Å². The molecule has 2 heterocycles. The molecule has 1 amide bonds. The zero-order valence-electron chi connectivity index (χ0n) is 16.4. The summed E-state index contributed by atoms with van der Waals surface area (Å²) in [4.78, 5) is 31.3. The maximum absolute atomic E-state index is 12.7. The lowest BCUT2D eigenvalue weighted by molar-refractivity contribution is -0.151. The van der Waals surface area contributed by atoms with Gasteiger partial charge in [-0.2, -0.15) is 0 Å². The normalized spacial score (nSPS) is 13.9. The second-order valence-electron chi connectivity index (χ2n) is 7.08. The van der Waals surface area contributed by atoms with Crippen LogP contribution in [0.5, 0.6) is 0 Å². The first-order valence-corrected chi connectivity index (χ1v) is 10.6. The molecule has 1 aliphatic rings. The van der Waals surface area contributed by atoms with Crippen molar-refractivity contribution in [3.63, 3.8) is 0 Å². The Morgan fingerprint density at radius 1 is 1.17 bits per heavy atom. The third-order valence-electron chi connectivity index (χ3n) is 5.05. The van der Waals surface area contributed by atoms with E-state index in [0.717, 1.165) is 39.2 Å². The molecule has 1 aromatic heterocycles. The number of hydrogen-bond acceptors (Lipinski definition) is 5. The zero-order chi connectivity index (χ0) is 20.4. The van der Waals surface area contributed by atoms with Crippen LogP contribution in [0.3, 0.4) is 0 Å². The number of aromatic nitrogens is 1. The van der Waals surface area contributed by atoms with Crippen LogP contribution in [0, 0.1) is 6.92 Å². The molecule has 3 aromatic rings. The Balaban J connectivity index is 1.36. The number of anilines is 1. The van der Waals surface area contributed by atoms with E-state index >= 15 is 0 Å². The molecule has 0 N–H and O–H groups in total. The average Bonchev–Trinajstić information content (AvgIpc) is 3.16. The van der Waals surface area contributed by atoms with Crippen molar-refractivity contribution in [1.82, 2.24) is 4.98 Å². The zero-order valence-corrected chi connectivity index (χ0v) is 17.2. The topological polar surface area (TPSA) is 59.5 Å². The van der Waals surface area contributed by atoms with Crippen LogP contribution in [0.15, 0.2) is 59.6 Å². The standard InChI is InChI=1S/C23H22N2O3S/c1-15-13-21(24-19-9-5-4-8-18(15)19)29-14-22(26)28-16(2)23(27)25-12-11-17-7-3-6-10-20(17)25/h3-10,13,16H,11-12,14H2,1-2H3/t16-/m1/s1. The van der Waals surface area contributed by atoms with Gasteiger partial charge in [0, 0.05) is 17.6 Å². The number of ether oxygens (including phenoxy) is 1. The maximum Gasteiger partial charge on any atom is 0.317 e. The average molecular weight is 407 g/mol. The predicted octanol–water partition coefficient (Wildman–Crippen LogP) is 4.16. The van der Waals surface area contributed by atoms with E-state index in [9.17, 15) is 9.59 Å². The molecule has 2 aromatic carbocycles. The monoisotopic (exact) mass is 406 g/mol. The highest BCUT2D eigenvalue weighted by Crippen LogP contribution is 2.28. The van der Waals surface area contributed by atoms with Crippen LogP contribution in [0.1, 0.15) is 18.1 Å². The number of thioether (sulfide) groups is 1. The second-order valence-corrected chi connectivity index (χ2v) is 8.08. The molecule has 29 heavy (non-hydrogen) atoms. The van der Waals surface area contributed by atoms with Crippen LogP contribution in [0.4, 0.5) is 5.69 Å². The molecule has 0 spiro atoms. The van der Waals surface area contributed by atoms with Gasteiger partial charge >= 0.3 is 5.97 Å². The lowest BCUT2D eigenvalue weighted by atomic mass is 10.1. The fourth-order valence-corrected chi connectivity index (χ4v) is 4.35. The van der Waals surface area contributed by atoms with Crippen molar-refractivity contribution in [2.75, 3.05) is 17.2 Å². The minimum absolute atomic E-state index is 0.110. The highest BCUT2D eigenvalue weighted by atomic mass is 32.2. The SMILES string of the molecule is Cc1cc(SCC(=O)O[C@H](C)C(=O)N2CCc3ccccc32)nc2ccccc12. The molecule has 1 atom stereocenters. The van der Waals surface area contributed by atoms with Crippen LogP contribution in [-0.4, -0.2) is 35.3 Å². The Bertz CT molecular complexity index is 1080. The van der Waals surface area contributed by atoms with E-state index in [0.29, 0.717) is 6.54 Å². The van der Waals surface area contributed by atoms with Gasteiger partial charge in [-0.3, -0.25) is 9.59 Å². The Morgan fingerprint density at radius 3 is 2.79 bits per heavy atom. The number of esters is 1. The fourth-order valence-electron chi connectivity index (χ4n) is 3.59. The third kappa shape index (κ3) is 4.12. The number of benzene rings is 2. The molecular weight excluding hydrogens is 384 g/mol. The van der Waals surface area contributed by atoms with Crippen molar-refractivity contribution in [3.05, 3.63) is 65.7 Å². The fraction of sp³-hybridized carbons (Fsp3) is 0.261. The van der Waals surface area contributed by atoms with Crippen molar-refractivity contribution in [3.8, 4) is 0 Å². The summed E-state index contributed by atoms with van der Waals surface area (Å²) in [6.45, 7) is 4.28. The molecule has 5 nitrogen and oxygen atoms in total. The summed E-state index contributed by atoms with van der Waals surface area (Å²) in [5, 5.41) is 1.87. The number of carbonyl (C=O) groups is 2. The second kappa shape index (κ2) is 8.25. The summed E-state index contributed by atoms with van der Waals surface area (Å²) in [6, 6.07) is 17.7. The first-order chi connectivity index (χ1) is 14.0. The quantitative estimate of drug-likeness (QED) is 0.470. The van der Waals surface area contributed by atoms with E-state index in [1.807, 2.05) is 61.5 Å². The molecule has 4 rings (SSSR count). The Hall–Kier alpha value is -2.86. The first-order valence-electron chi connectivity index (χ1n) is 9.61. The number of nitrogens with zero attached hydrogens (tertiary/aromatic N) is 2. The molecule has 0 fully saturated rings. The van der Waals surface area contributed by atoms with Crippen molar-refractivity contribution >= 4 is 40.2 Å². The molecule has 148 valence electrons. The number of fused-ring (bicyclic) bond motifs is 2. The Labute approximate surface area is 174 Å². The maximum atomic E-state index is 12.7. The van der Waals surface area contributed by atoms with E-state index in [4.69, 9.17) is 4.74 Å². The smallest absolute Gasteiger partial charge is 0.317 e. The van der Waals surface area contributed by atoms with Gasteiger partial charge in [-0.1, -0.05) is 48.2 Å². The number of para-hydroxylation sites is 2. The molecule has 6 heteroatoms. The number of carbonyl (C=O) groups excluding carboxylic acids is 2. The van der Waals surface area contributed by atoms with E-state index in [1.165, 1.54) is 11.8 Å².